The Bertz CT molecular complexity index is 1780. The largest absolute Gasteiger partial charge is 0.480 e. The average molecular weight is 987 g/mol. The highest BCUT2D eigenvalue weighted by Gasteiger charge is 2.30. The summed E-state index contributed by atoms with van der Waals surface area (Å²) in [6.45, 7) is 9.34. The van der Waals surface area contributed by atoms with Gasteiger partial charge in [0.05, 0.1) is 26.4 Å². The van der Waals surface area contributed by atoms with E-state index in [1.54, 1.807) is 24.3 Å². The van der Waals surface area contributed by atoms with E-state index in [9.17, 15) is 38.7 Å². The molecule has 5 atom stereocenters. The third-order valence-electron chi connectivity index (χ3n) is 10.7. The van der Waals surface area contributed by atoms with Crippen LogP contribution in [0, 0.1) is 5.92 Å². The van der Waals surface area contributed by atoms with Crippen molar-refractivity contribution in [3.63, 3.8) is 0 Å². The highest BCUT2D eigenvalue weighted by molar-refractivity contribution is 7.99. The number of hydrogen-bond donors (Lipinski definition) is 7. The SMILES string of the molecule is CCCCCCC(=O)N[C@@H](CSCCOCCOCCSC[C@H](NC(=O)CCCCCC)C(=O)N[C@@H](CC(C)C)C(=O)N[C@@H](Cc1ccccc1)C(N)=O)C(=O)N[C@@H](Cc1ccccc1)C(=O)O. The Morgan fingerprint density at radius 3 is 1.37 bits per heavy atom. The predicted octanol–water partition coefficient (Wildman–Crippen LogP) is 4.95. The van der Waals surface area contributed by atoms with Crippen molar-refractivity contribution < 1.29 is 48.1 Å². The molecule has 68 heavy (non-hydrogen) atoms. The first-order chi connectivity index (χ1) is 32.7. The Morgan fingerprint density at radius 1 is 0.544 bits per heavy atom. The number of carboxylic acid groups (broad SMARTS) is 1. The zero-order valence-electron chi connectivity index (χ0n) is 40.6. The number of nitrogens with two attached hydrogens (primary N) is 1. The van der Waals surface area contributed by atoms with E-state index in [1.807, 2.05) is 50.2 Å². The second-order valence-corrected chi connectivity index (χ2v) is 19.5. The minimum Gasteiger partial charge on any atom is -0.480 e. The van der Waals surface area contributed by atoms with Gasteiger partial charge in [0.15, 0.2) is 0 Å². The summed E-state index contributed by atoms with van der Waals surface area (Å²) < 4.78 is 11.5. The van der Waals surface area contributed by atoms with Gasteiger partial charge in [-0.25, -0.2) is 4.79 Å². The third kappa shape index (κ3) is 27.4. The van der Waals surface area contributed by atoms with E-state index in [4.69, 9.17) is 15.2 Å². The number of rotatable bonds is 39. The molecule has 0 aromatic heterocycles. The molecule has 16 nitrogen and oxygen atoms in total. The Labute approximate surface area is 412 Å². The fraction of sp³-hybridized carbons (Fsp3) is 0.620. The maximum Gasteiger partial charge on any atom is 0.326 e. The van der Waals surface area contributed by atoms with Crippen LogP contribution in [0.25, 0.3) is 0 Å². The number of carboxylic acids is 1. The molecule has 0 saturated heterocycles. The minimum atomic E-state index is -1.16. The molecule has 0 unspecified atom stereocenters. The molecule has 6 amide bonds. The summed E-state index contributed by atoms with van der Waals surface area (Å²) in [7, 11) is 0. The van der Waals surface area contributed by atoms with Crippen LogP contribution in [-0.4, -0.2) is 126 Å². The normalized spacial score (nSPS) is 13.4. The first-order valence-electron chi connectivity index (χ1n) is 24.1. The summed E-state index contributed by atoms with van der Waals surface area (Å²) in [6.07, 6.45) is 8.46. The fourth-order valence-electron chi connectivity index (χ4n) is 6.93. The lowest BCUT2D eigenvalue weighted by Gasteiger charge is -2.26. The molecule has 0 heterocycles. The molecule has 0 saturated carbocycles. The third-order valence-corrected chi connectivity index (χ3v) is 12.7. The number of amides is 6. The molecule has 0 aliphatic rings. The number of thioether (sulfide) groups is 2. The molecule has 0 aliphatic heterocycles. The lowest BCUT2D eigenvalue weighted by molar-refractivity contribution is -0.142. The lowest BCUT2D eigenvalue weighted by Crippen LogP contribution is -2.57. The van der Waals surface area contributed by atoms with Crippen LogP contribution in [-0.2, 0) is 55.9 Å². The van der Waals surface area contributed by atoms with E-state index < -0.39 is 59.8 Å². The summed E-state index contributed by atoms with van der Waals surface area (Å²) in [5.74, 6) is -2.43. The first-order valence-corrected chi connectivity index (χ1v) is 26.5. The van der Waals surface area contributed by atoms with Gasteiger partial charge < -0.3 is 46.9 Å². The fourth-order valence-corrected chi connectivity index (χ4v) is 8.67. The van der Waals surface area contributed by atoms with Crippen molar-refractivity contribution in [2.75, 3.05) is 49.4 Å². The van der Waals surface area contributed by atoms with Crippen LogP contribution in [0.15, 0.2) is 60.7 Å². The predicted molar refractivity (Wildman–Crippen MR) is 270 cm³/mol. The van der Waals surface area contributed by atoms with Gasteiger partial charge in [-0.3, -0.25) is 28.8 Å². The topological polar surface area (TPSA) is 244 Å². The van der Waals surface area contributed by atoms with Crippen molar-refractivity contribution in [2.45, 2.75) is 141 Å². The van der Waals surface area contributed by atoms with Crippen LogP contribution in [0.3, 0.4) is 0 Å². The smallest absolute Gasteiger partial charge is 0.326 e. The van der Waals surface area contributed by atoms with Crippen molar-refractivity contribution in [3.8, 4) is 0 Å². The zero-order chi connectivity index (χ0) is 49.9. The van der Waals surface area contributed by atoms with E-state index >= 15 is 0 Å². The Kier molecular flexibility index (Phi) is 31.8. The van der Waals surface area contributed by atoms with E-state index in [0.717, 1.165) is 49.7 Å². The molecule has 0 aliphatic carbocycles. The van der Waals surface area contributed by atoms with E-state index in [-0.39, 0.29) is 54.9 Å². The Morgan fingerprint density at radius 2 is 0.956 bits per heavy atom. The van der Waals surface area contributed by atoms with Crippen LogP contribution >= 0.6 is 23.5 Å². The van der Waals surface area contributed by atoms with Crippen molar-refractivity contribution >= 4 is 64.9 Å². The molecule has 0 fully saturated rings. The molecule has 0 spiro atoms. The Hall–Kier alpha value is -4.65. The van der Waals surface area contributed by atoms with E-state index in [1.165, 1.54) is 23.5 Å². The summed E-state index contributed by atoms with van der Waals surface area (Å²) >= 11 is 2.83. The van der Waals surface area contributed by atoms with Gasteiger partial charge in [-0.05, 0) is 36.3 Å². The van der Waals surface area contributed by atoms with Crippen LogP contribution in [0.5, 0.6) is 0 Å². The number of nitrogens with one attached hydrogen (secondary N) is 5. The molecule has 0 bridgehead atoms. The molecule has 2 aromatic carbocycles. The number of hydrogen-bond acceptors (Lipinski definition) is 11. The summed E-state index contributed by atoms with van der Waals surface area (Å²) in [5, 5.41) is 23.7. The molecule has 2 rings (SSSR count). The van der Waals surface area contributed by atoms with Gasteiger partial charge in [0.2, 0.25) is 35.4 Å². The number of benzene rings is 2. The van der Waals surface area contributed by atoms with Crippen LogP contribution in [0.2, 0.25) is 0 Å². The number of carbonyl (C=O) groups is 7. The van der Waals surface area contributed by atoms with Gasteiger partial charge in [-0.15, -0.1) is 0 Å². The second-order valence-electron chi connectivity index (χ2n) is 17.2. The Balaban J connectivity index is 1.87. The molecule has 18 heteroatoms. The minimum absolute atomic E-state index is 0.0217. The van der Waals surface area contributed by atoms with Crippen LogP contribution < -0.4 is 32.3 Å². The molecular weight excluding hydrogens is 909 g/mol. The van der Waals surface area contributed by atoms with Gasteiger partial charge >= 0.3 is 5.97 Å². The first kappa shape index (κ1) is 59.5. The maximum atomic E-state index is 13.8. The van der Waals surface area contributed by atoms with Gasteiger partial charge in [-0.1, -0.05) is 127 Å². The standard InChI is InChI=1S/C50H78N6O10S2/c1-5-7-9-17-23-44(57)52-42(48(61)55-40(31-36(3)4)47(60)54-39(46(51)59)32-37-19-13-11-14-20-37)34-67-29-27-65-25-26-66-28-30-68-35-43(53-45(58)24-18-10-8-6-2)49(62)56-41(50(63)64)33-38-21-15-12-16-22-38/h11-16,19-22,36,39-43H,5-10,17-18,23-35H2,1-4H3,(H2,51,59)(H,52,57)(H,53,58)(H,54,60)(H,55,61)(H,56,62)(H,63,64)/t39-,40-,41-,42-,43-/m0/s1. The number of unbranched alkanes of at least 4 members (excludes halogenated alkanes) is 6. The number of aliphatic carboxylic acids is 1. The highest BCUT2D eigenvalue weighted by Crippen LogP contribution is 2.12. The van der Waals surface area contributed by atoms with Crippen molar-refractivity contribution in [3.05, 3.63) is 71.8 Å². The maximum absolute atomic E-state index is 13.8. The molecule has 380 valence electrons. The van der Waals surface area contributed by atoms with Crippen molar-refractivity contribution in [2.24, 2.45) is 11.7 Å². The summed E-state index contributed by atoms with van der Waals surface area (Å²) in [4.78, 5) is 90.8. The van der Waals surface area contributed by atoms with Gasteiger partial charge in [-0.2, -0.15) is 23.5 Å². The molecule has 0 radical (unpaired) electrons. The van der Waals surface area contributed by atoms with E-state index in [2.05, 4.69) is 40.4 Å². The van der Waals surface area contributed by atoms with Crippen molar-refractivity contribution in [1.29, 1.82) is 0 Å². The number of carbonyl (C=O) groups excluding carboxylic acids is 6. The molecule has 8 N–H and O–H groups in total. The average Bonchev–Trinajstić information content (AvgIpc) is 3.31. The van der Waals surface area contributed by atoms with Crippen molar-refractivity contribution in [1.82, 2.24) is 26.6 Å². The van der Waals surface area contributed by atoms with Gasteiger partial charge in [0.25, 0.3) is 0 Å². The lowest BCUT2D eigenvalue weighted by atomic mass is 10.0. The molecular formula is C50H78N6O10S2. The van der Waals surface area contributed by atoms with Crippen LogP contribution in [0.4, 0.5) is 0 Å². The summed E-state index contributed by atoms with van der Waals surface area (Å²) in [5.41, 5.74) is 7.25. The van der Waals surface area contributed by atoms with Gasteiger partial charge in [0.1, 0.15) is 30.2 Å². The quantitative estimate of drug-likeness (QED) is 0.0440. The zero-order valence-corrected chi connectivity index (χ0v) is 42.2. The van der Waals surface area contributed by atoms with Crippen LogP contribution in [0.1, 0.15) is 109 Å². The monoisotopic (exact) mass is 987 g/mol. The number of ether oxygens (including phenoxy) is 2. The van der Waals surface area contributed by atoms with E-state index in [0.29, 0.717) is 57.2 Å². The number of primary amides is 1. The molecule has 2 aromatic rings. The van der Waals surface area contributed by atoms with Gasteiger partial charge in [0, 0.05) is 48.7 Å². The highest BCUT2D eigenvalue weighted by atomic mass is 32.2. The summed E-state index contributed by atoms with van der Waals surface area (Å²) in [6, 6.07) is 13.3. The second kappa shape index (κ2) is 36.3.